The molecule has 1 nitrogen and oxygen atoms in total. The van der Waals surface area contributed by atoms with Crippen LogP contribution in [0.3, 0.4) is 0 Å². The summed E-state index contributed by atoms with van der Waals surface area (Å²) in [5.41, 5.74) is 14.7. The monoisotopic (exact) mass is 940 g/mol. The van der Waals surface area contributed by atoms with Crippen LogP contribution in [0.5, 0.6) is 0 Å². The molecule has 0 aliphatic heterocycles. The first kappa shape index (κ1) is 35.7. The van der Waals surface area contributed by atoms with E-state index in [4.69, 9.17) is 6.85 Å². The number of thiophene rings is 1. The fourth-order valence-corrected chi connectivity index (χ4v) is 18.9. The minimum atomic E-state index is -3.28. The maximum Gasteiger partial charge on any atom is 0.179 e. The van der Waals surface area contributed by atoms with E-state index in [0.29, 0.717) is 5.56 Å². The second-order valence-electron chi connectivity index (χ2n) is 19.0. The van der Waals surface area contributed by atoms with Crippen LogP contribution in [-0.2, 0) is 0 Å². The number of nitrogens with zero attached hydrogens (tertiary/aromatic N) is 1. The van der Waals surface area contributed by atoms with Gasteiger partial charge in [-0.1, -0.05) is 218 Å². The first-order valence-electron chi connectivity index (χ1n) is 26.9. The predicted octanol–water partition coefficient (Wildman–Crippen LogP) is 14.9. The van der Waals surface area contributed by atoms with Gasteiger partial charge in [-0.2, -0.15) is 0 Å². The Morgan fingerprint density at radius 2 is 0.915 bits per heavy atom. The predicted molar refractivity (Wildman–Crippen MR) is 303 cm³/mol. The normalized spacial score (nSPS) is 15.7. The largest absolute Gasteiger partial charge is 0.309 e. The zero-order chi connectivity index (χ0) is 51.0. The van der Waals surface area contributed by atoms with E-state index in [1.165, 1.54) is 108 Å². The van der Waals surface area contributed by atoms with Crippen molar-refractivity contribution in [3.8, 4) is 27.9 Å². The van der Waals surface area contributed by atoms with Crippen molar-refractivity contribution in [3.05, 3.63) is 294 Å². The van der Waals surface area contributed by atoms with Crippen LogP contribution in [0.4, 0.5) is 0 Å². The van der Waals surface area contributed by atoms with Gasteiger partial charge in [0.15, 0.2) is 8.07 Å². The third kappa shape index (κ3) is 5.91. The van der Waals surface area contributed by atoms with Gasteiger partial charge in [0, 0.05) is 42.8 Å². The smallest absolute Gasteiger partial charge is 0.179 e. The highest BCUT2D eigenvalue weighted by atomic mass is 32.1. The molecule has 332 valence electrons. The summed E-state index contributed by atoms with van der Waals surface area (Å²) >= 11 is 1.85. The van der Waals surface area contributed by atoms with E-state index in [2.05, 4.69) is 223 Å². The molecule has 3 heteroatoms. The number of fused-ring (bicyclic) bond motifs is 6. The van der Waals surface area contributed by atoms with Gasteiger partial charge in [0.1, 0.15) is 0 Å². The molecule has 2 unspecified atom stereocenters. The second-order valence-corrected chi connectivity index (χ2v) is 23.9. The molecule has 71 heavy (non-hydrogen) atoms. The molecule has 0 saturated carbocycles. The van der Waals surface area contributed by atoms with Gasteiger partial charge in [0.2, 0.25) is 0 Å². The molecule has 2 bridgehead atoms. The molecule has 0 radical (unpaired) electrons. The third-order valence-electron chi connectivity index (χ3n) is 15.6. The van der Waals surface area contributed by atoms with Gasteiger partial charge in [-0.3, -0.25) is 0 Å². The van der Waals surface area contributed by atoms with Crippen LogP contribution >= 0.6 is 11.3 Å². The minimum absolute atomic E-state index is 0.0152. The van der Waals surface area contributed by atoms with Crippen molar-refractivity contribution in [1.29, 1.82) is 0 Å². The number of benzene rings is 11. The Hall–Kier alpha value is -8.34. The van der Waals surface area contributed by atoms with Crippen LogP contribution in [0.1, 0.15) is 52.1 Å². The number of para-hydroxylation sites is 1. The molecule has 0 fully saturated rings. The zero-order valence-electron chi connectivity index (χ0n) is 43.4. The number of rotatable bonds is 7. The Morgan fingerprint density at radius 3 is 1.68 bits per heavy atom. The summed E-state index contributed by atoms with van der Waals surface area (Å²) in [6.45, 7) is 0. The van der Waals surface area contributed by atoms with Gasteiger partial charge in [-0.05, 0) is 119 Å². The molecular formula is C68H45NSSi. The fraction of sp³-hybridized carbons (Fsp3) is 0.0294. The summed E-state index contributed by atoms with van der Waals surface area (Å²) < 4.78 is 48.3. The summed E-state index contributed by atoms with van der Waals surface area (Å²) in [6, 6.07) is 83.5. The molecule has 0 amide bonds. The summed E-state index contributed by atoms with van der Waals surface area (Å²) in [5.74, 6) is -0.135. The van der Waals surface area contributed by atoms with Crippen LogP contribution in [0.15, 0.2) is 261 Å². The van der Waals surface area contributed by atoms with Gasteiger partial charge >= 0.3 is 0 Å². The summed E-state index contributed by atoms with van der Waals surface area (Å²) in [4.78, 5) is 0. The summed E-state index contributed by atoms with van der Waals surface area (Å²) in [5, 5.41) is 9.95. The van der Waals surface area contributed by atoms with Gasteiger partial charge < -0.3 is 4.57 Å². The van der Waals surface area contributed by atoms with Crippen LogP contribution < -0.4 is 20.7 Å². The Morgan fingerprint density at radius 1 is 0.366 bits per heavy atom. The number of aromatic nitrogens is 1. The van der Waals surface area contributed by atoms with Crippen LogP contribution in [0.25, 0.3) is 69.9 Å². The van der Waals surface area contributed by atoms with Crippen LogP contribution in [0, 0.1) is 0 Å². The van der Waals surface area contributed by atoms with Crippen molar-refractivity contribution in [2.75, 3.05) is 0 Å². The highest BCUT2D eigenvalue weighted by Gasteiger charge is 2.50. The molecule has 16 rings (SSSR count). The number of hydrogen-bond acceptors (Lipinski definition) is 1. The third-order valence-corrected chi connectivity index (χ3v) is 21.6. The van der Waals surface area contributed by atoms with Crippen molar-refractivity contribution >= 4 is 82.1 Å². The average Bonchev–Trinajstić information content (AvgIpc) is 4.13. The average molecular weight is 941 g/mol. The molecule has 0 spiro atoms. The maximum atomic E-state index is 8.90. The van der Waals surface area contributed by atoms with E-state index in [1.54, 1.807) is 0 Å². The topological polar surface area (TPSA) is 4.93 Å². The second kappa shape index (κ2) is 15.8. The van der Waals surface area contributed by atoms with Crippen molar-refractivity contribution in [2.45, 2.75) is 11.8 Å². The molecule has 13 aromatic rings. The van der Waals surface area contributed by atoms with Gasteiger partial charge in [0.25, 0.3) is 0 Å². The lowest BCUT2D eigenvalue weighted by atomic mass is 9.60. The first-order valence-corrected chi connectivity index (χ1v) is 27.2. The quantitative estimate of drug-likeness (QED) is 0.111. The lowest BCUT2D eigenvalue weighted by Gasteiger charge is -2.47. The SMILES string of the molecule is [2H]c1c([2H])c([2H])c(-c2ccc([Si](c3ccccc3)(c3ccccc3)c3cccc4c3C3c5ccccc5C4c4cccc(-n5c6ccccc6c6cc(-c7ccc8sc9ccccc9c8c7)ccc65)c43)cc2)c([2H])c1[2H]. The van der Waals surface area contributed by atoms with E-state index in [1.807, 2.05) is 23.5 Å². The minimum Gasteiger partial charge on any atom is -0.309 e. The Labute approximate surface area is 425 Å². The van der Waals surface area contributed by atoms with E-state index in [0.717, 1.165) is 5.19 Å². The molecule has 0 saturated heterocycles. The van der Waals surface area contributed by atoms with Gasteiger partial charge in [0.05, 0.1) is 23.6 Å². The molecule has 0 N–H and O–H groups in total. The van der Waals surface area contributed by atoms with Crippen molar-refractivity contribution in [1.82, 2.24) is 4.57 Å². The zero-order valence-corrected chi connectivity index (χ0v) is 40.3. The van der Waals surface area contributed by atoms with E-state index in [-0.39, 0.29) is 41.6 Å². The lowest BCUT2D eigenvalue weighted by Crippen LogP contribution is -2.75. The van der Waals surface area contributed by atoms with Crippen molar-refractivity contribution < 1.29 is 6.85 Å². The van der Waals surface area contributed by atoms with Crippen molar-refractivity contribution in [2.24, 2.45) is 0 Å². The Bertz CT molecular complexity index is 4480. The molecule has 3 aliphatic carbocycles. The standard InChI is InChI=1S/C68H45NSSi/c1-4-18-44(19-5-1)45-34-38-50(39-35-45)71(48-20-6-2-7-21-48,49-22-8-3-9-23-49)64-33-17-29-56-65-53-26-10-11-27-54(53)68(67(56)64)66-55(65)28-16-31-61(66)69-59-30-14-12-24-51(59)57-42-46(36-40-60(57)69)47-37-41-63-58(43-47)52-25-13-15-32-62(52)70-63/h1-43,65,68H/i1D,4D,5D,18D,19D. The molecular weight excluding hydrogens is 891 g/mol. The highest BCUT2D eigenvalue weighted by Crippen LogP contribution is 2.57. The molecule has 2 atom stereocenters. The summed E-state index contributed by atoms with van der Waals surface area (Å²) in [6.07, 6.45) is 0. The highest BCUT2D eigenvalue weighted by molar-refractivity contribution is 7.25. The fourth-order valence-electron chi connectivity index (χ4n) is 12.8. The van der Waals surface area contributed by atoms with Crippen molar-refractivity contribution in [3.63, 3.8) is 0 Å². The molecule has 2 heterocycles. The van der Waals surface area contributed by atoms with E-state index < -0.39 is 14.1 Å². The molecule has 3 aliphatic rings. The first-order chi connectivity index (χ1) is 37.3. The van der Waals surface area contributed by atoms with Crippen LogP contribution in [0.2, 0.25) is 0 Å². The van der Waals surface area contributed by atoms with E-state index >= 15 is 0 Å². The molecule has 11 aromatic carbocycles. The number of hydrogen-bond donors (Lipinski definition) is 0. The maximum absolute atomic E-state index is 8.90. The Balaban J connectivity index is 0.973. The van der Waals surface area contributed by atoms with Crippen LogP contribution in [-0.4, -0.2) is 12.6 Å². The van der Waals surface area contributed by atoms with Gasteiger partial charge in [-0.15, -0.1) is 11.3 Å². The van der Waals surface area contributed by atoms with E-state index in [9.17, 15) is 0 Å². The summed E-state index contributed by atoms with van der Waals surface area (Å²) in [7, 11) is -3.28. The Kier molecular flexibility index (Phi) is 7.97. The molecule has 2 aromatic heterocycles. The lowest BCUT2D eigenvalue weighted by molar-refractivity contribution is 0.752. The van der Waals surface area contributed by atoms with Gasteiger partial charge in [-0.25, -0.2) is 0 Å².